The van der Waals surface area contributed by atoms with Crippen molar-refractivity contribution in [1.82, 2.24) is 0 Å². The lowest BCUT2D eigenvalue weighted by molar-refractivity contribution is 0.0698. The van der Waals surface area contributed by atoms with E-state index in [-0.39, 0.29) is 21.3 Å². The Morgan fingerprint density at radius 1 is 1.46 bits per heavy atom. The van der Waals surface area contributed by atoms with Gasteiger partial charge in [-0.15, -0.1) is 0 Å². The Morgan fingerprint density at radius 2 is 2.08 bits per heavy atom. The standard InChI is InChI=1S/C7H6Cl2N2O2/c8-3-1-4(7(12)13)6(11-10)5(9)2-3/h1-2,11H,10H2,(H,12,13). The van der Waals surface area contributed by atoms with Gasteiger partial charge in [-0.25, -0.2) is 4.79 Å². The first kappa shape index (κ1) is 10.1. The van der Waals surface area contributed by atoms with E-state index in [0.717, 1.165) is 0 Å². The minimum atomic E-state index is -1.14. The van der Waals surface area contributed by atoms with Crippen LogP contribution in [-0.2, 0) is 0 Å². The van der Waals surface area contributed by atoms with Crippen LogP contribution < -0.4 is 11.3 Å². The predicted molar refractivity (Wildman–Crippen MR) is 51.2 cm³/mol. The quantitative estimate of drug-likeness (QED) is 0.527. The highest BCUT2D eigenvalue weighted by molar-refractivity contribution is 6.37. The lowest BCUT2D eigenvalue weighted by Gasteiger charge is -2.07. The molecule has 0 radical (unpaired) electrons. The maximum absolute atomic E-state index is 10.7. The highest BCUT2D eigenvalue weighted by Gasteiger charge is 2.13. The number of rotatable bonds is 2. The molecule has 0 fully saturated rings. The van der Waals surface area contributed by atoms with E-state index in [9.17, 15) is 4.79 Å². The van der Waals surface area contributed by atoms with E-state index < -0.39 is 5.97 Å². The number of nitrogen functional groups attached to an aromatic ring is 1. The number of carbonyl (C=O) groups is 1. The van der Waals surface area contributed by atoms with E-state index >= 15 is 0 Å². The fourth-order valence-electron chi connectivity index (χ4n) is 0.889. The number of hydrogen-bond donors (Lipinski definition) is 3. The van der Waals surface area contributed by atoms with Crippen LogP contribution in [0.25, 0.3) is 0 Å². The maximum atomic E-state index is 10.7. The lowest BCUT2D eigenvalue weighted by Crippen LogP contribution is -2.12. The van der Waals surface area contributed by atoms with Gasteiger partial charge in [-0.2, -0.15) is 0 Å². The summed E-state index contributed by atoms with van der Waals surface area (Å²) < 4.78 is 0. The van der Waals surface area contributed by atoms with Crippen molar-refractivity contribution in [2.75, 3.05) is 5.43 Å². The molecule has 4 N–H and O–H groups in total. The molecule has 0 aromatic heterocycles. The van der Waals surface area contributed by atoms with Gasteiger partial charge >= 0.3 is 5.97 Å². The zero-order valence-electron chi connectivity index (χ0n) is 6.34. The molecule has 0 spiro atoms. The summed E-state index contributed by atoms with van der Waals surface area (Å²) in [7, 11) is 0. The number of benzene rings is 1. The Hall–Kier alpha value is -0.970. The van der Waals surface area contributed by atoms with Crippen LogP contribution in [0.5, 0.6) is 0 Å². The third kappa shape index (κ3) is 2.03. The molecule has 0 saturated carbocycles. The zero-order chi connectivity index (χ0) is 10.0. The van der Waals surface area contributed by atoms with Crippen molar-refractivity contribution < 1.29 is 9.90 Å². The average Bonchev–Trinajstić information content (AvgIpc) is 2.02. The van der Waals surface area contributed by atoms with E-state index in [1.54, 1.807) is 0 Å². The molecule has 70 valence electrons. The fraction of sp³-hybridized carbons (Fsp3) is 0. The van der Waals surface area contributed by atoms with Crippen LogP contribution in [0.3, 0.4) is 0 Å². The van der Waals surface area contributed by atoms with Crippen molar-refractivity contribution in [3.8, 4) is 0 Å². The summed E-state index contributed by atoms with van der Waals surface area (Å²) in [6.45, 7) is 0. The van der Waals surface area contributed by atoms with E-state index in [4.69, 9.17) is 34.2 Å². The second-order valence-corrected chi connectivity index (χ2v) is 3.10. The first-order valence-corrected chi connectivity index (χ1v) is 4.01. The number of carboxylic acids is 1. The van der Waals surface area contributed by atoms with Crippen molar-refractivity contribution in [3.63, 3.8) is 0 Å². The number of anilines is 1. The number of nitrogens with one attached hydrogen (secondary N) is 1. The van der Waals surface area contributed by atoms with Gasteiger partial charge in [0, 0.05) is 5.02 Å². The van der Waals surface area contributed by atoms with Crippen LogP contribution in [-0.4, -0.2) is 11.1 Å². The summed E-state index contributed by atoms with van der Waals surface area (Å²) in [6.07, 6.45) is 0. The van der Waals surface area contributed by atoms with Crippen LogP contribution in [0.2, 0.25) is 10.0 Å². The van der Waals surface area contributed by atoms with Gasteiger partial charge in [-0.1, -0.05) is 23.2 Å². The number of carboxylic acid groups (broad SMARTS) is 1. The highest BCUT2D eigenvalue weighted by atomic mass is 35.5. The molecule has 0 atom stereocenters. The molecule has 0 aliphatic carbocycles. The van der Waals surface area contributed by atoms with Gasteiger partial charge < -0.3 is 10.5 Å². The van der Waals surface area contributed by atoms with Gasteiger partial charge in [0.15, 0.2) is 0 Å². The molecular formula is C7H6Cl2N2O2. The third-order valence-electron chi connectivity index (χ3n) is 1.43. The van der Waals surface area contributed by atoms with E-state index in [2.05, 4.69) is 5.43 Å². The second kappa shape index (κ2) is 3.83. The van der Waals surface area contributed by atoms with Crippen LogP contribution in [0.15, 0.2) is 12.1 Å². The zero-order valence-corrected chi connectivity index (χ0v) is 7.86. The molecule has 1 aromatic carbocycles. The van der Waals surface area contributed by atoms with E-state index in [1.807, 2.05) is 0 Å². The van der Waals surface area contributed by atoms with Crippen LogP contribution in [0.1, 0.15) is 10.4 Å². The molecular weight excluding hydrogens is 215 g/mol. The van der Waals surface area contributed by atoms with Gasteiger partial charge in [-0.05, 0) is 12.1 Å². The number of hydrogen-bond acceptors (Lipinski definition) is 3. The Balaban J connectivity index is 3.38. The van der Waals surface area contributed by atoms with Crippen LogP contribution in [0.4, 0.5) is 5.69 Å². The van der Waals surface area contributed by atoms with Gasteiger partial charge in [0.05, 0.1) is 16.3 Å². The molecule has 0 unspecified atom stereocenters. The predicted octanol–water partition coefficient (Wildman–Crippen LogP) is 1.98. The van der Waals surface area contributed by atoms with Crippen LogP contribution >= 0.6 is 23.2 Å². The van der Waals surface area contributed by atoms with Gasteiger partial charge in [0.25, 0.3) is 0 Å². The van der Waals surface area contributed by atoms with Crippen molar-refractivity contribution in [1.29, 1.82) is 0 Å². The molecule has 0 bridgehead atoms. The molecule has 1 rings (SSSR count). The number of halogens is 2. The largest absolute Gasteiger partial charge is 0.478 e. The minimum absolute atomic E-state index is 0.0556. The Kier molecular flexibility index (Phi) is 2.98. The first-order valence-electron chi connectivity index (χ1n) is 3.25. The summed E-state index contributed by atoms with van der Waals surface area (Å²) in [6, 6.07) is 2.68. The van der Waals surface area contributed by atoms with Crippen molar-refractivity contribution >= 4 is 34.9 Å². The van der Waals surface area contributed by atoms with Gasteiger partial charge in [0.2, 0.25) is 0 Å². The van der Waals surface area contributed by atoms with Crippen LogP contribution in [0, 0.1) is 0 Å². The van der Waals surface area contributed by atoms with Crippen molar-refractivity contribution in [3.05, 3.63) is 27.7 Å². The maximum Gasteiger partial charge on any atom is 0.337 e. The van der Waals surface area contributed by atoms with E-state index in [0.29, 0.717) is 0 Å². The molecule has 0 aliphatic heterocycles. The highest BCUT2D eigenvalue weighted by Crippen LogP contribution is 2.29. The smallest absolute Gasteiger partial charge is 0.337 e. The summed E-state index contributed by atoms with van der Waals surface area (Å²) in [5.74, 6) is 3.96. The number of hydrazine groups is 1. The molecule has 0 amide bonds. The third-order valence-corrected chi connectivity index (χ3v) is 1.95. The number of aromatic carboxylic acids is 1. The molecule has 6 heteroatoms. The molecule has 0 saturated heterocycles. The van der Waals surface area contributed by atoms with Crippen molar-refractivity contribution in [2.24, 2.45) is 5.84 Å². The van der Waals surface area contributed by atoms with Gasteiger partial charge in [-0.3, -0.25) is 5.84 Å². The topological polar surface area (TPSA) is 75.3 Å². The van der Waals surface area contributed by atoms with Gasteiger partial charge in [0.1, 0.15) is 0 Å². The molecule has 1 aromatic rings. The number of nitrogens with two attached hydrogens (primary N) is 1. The summed E-state index contributed by atoms with van der Waals surface area (Å²) in [4.78, 5) is 10.7. The molecule has 0 aliphatic rings. The summed E-state index contributed by atoms with van der Waals surface area (Å²) >= 11 is 11.3. The fourth-order valence-corrected chi connectivity index (χ4v) is 1.44. The summed E-state index contributed by atoms with van der Waals surface area (Å²) in [5, 5.41) is 9.16. The second-order valence-electron chi connectivity index (χ2n) is 2.26. The van der Waals surface area contributed by atoms with E-state index in [1.165, 1.54) is 12.1 Å². The Morgan fingerprint density at radius 3 is 2.54 bits per heavy atom. The molecule has 0 heterocycles. The molecule has 13 heavy (non-hydrogen) atoms. The average molecular weight is 221 g/mol. The monoisotopic (exact) mass is 220 g/mol. The minimum Gasteiger partial charge on any atom is -0.478 e. The molecule has 4 nitrogen and oxygen atoms in total. The SMILES string of the molecule is NNc1c(Cl)cc(Cl)cc1C(=O)O. The Bertz CT molecular complexity index is 355. The normalized spacial score (nSPS) is 9.77. The van der Waals surface area contributed by atoms with Crippen molar-refractivity contribution in [2.45, 2.75) is 0 Å². The summed E-state index contributed by atoms with van der Waals surface area (Å²) in [5.41, 5.74) is 2.30. The first-order chi connectivity index (χ1) is 6.06. The lowest BCUT2D eigenvalue weighted by atomic mass is 10.2. The Labute approximate surface area is 84.2 Å².